The number of hydrogen-bond donors (Lipinski definition) is 1. The number of allylic oxidation sites excluding steroid dienone is 2. The summed E-state index contributed by atoms with van der Waals surface area (Å²) in [6.45, 7) is 2.26. The molecule has 0 aliphatic rings. The van der Waals surface area contributed by atoms with Gasteiger partial charge >= 0.3 is 0 Å². The Bertz CT molecular complexity index is 698. The van der Waals surface area contributed by atoms with Crippen molar-refractivity contribution in [3.8, 4) is 5.75 Å². The van der Waals surface area contributed by atoms with Crippen LogP contribution in [0.3, 0.4) is 0 Å². The van der Waals surface area contributed by atoms with Crippen LogP contribution in [-0.4, -0.2) is 14.7 Å². The van der Waals surface area contributed by atoms with E-state index in [1.165, 1.54) is 17.0 Å². The van der Waals surface area contributed by atoms with Crippen molar-refractivity contribution in [2.45, 2.75) is 13.5 Å². The van der Waals surface area contributed by atoms with Gasteiger partial charge in [0, 0.05) is 6.54 Å². The number of fused-ring (bicyclic) bond motifs is 1. The molecule has 2 aromatic rings. The lowest BCUT2D eigenvalue weighted by atomic mass is 10.2. The Hall–Kier alpha value is -1.04. The molecule has 0 radical (unpaired) electrons. The first-order chi connectivity index (χ1) is 8.56. The molecular formula is C12H11BrCl2N2O2. The van der Waals surface area contributed by atoms with Crippen molar-refractivity contribution in [1.82, 2.24) is 9.55 Å². The van der Waals surface area contributed by atoms with E-state index in [2.05, 4.69) is 4.98 Å². The van der Waals surface area contributed by atoms with Gasteiger partial charge in [-0.2, -0.15) is 0 Å². The second-order valence-electron chi connectivity index (χ2n) is 3.68. The highest BCUT2D eigenvalue weighted by Gasteiger charge is 2.14. The maximum atomic E-state index is 12.2. The lowest BCUT2D eigenvalue weighted by Crippen LogP contribution is -2.20. The Morgan fingerprint density at radius 2 is 2.11 bits per heavy atom. The van der Waals surface area contributed by atoms with E-state index in [1.807, 2.05) is 19.1 Å². The summed E-state index contributed by atoms with van der Waals surface area (Å²) in [4.78, 5) is 16.2. The van der Waals surface area contributed by atoms with Crippen LogP contribution < -0.4 is 5.56 Å². The molecule has 0 aliphatic carbocycles. The summed E-state index contributed by atoms with van der Waals surface area (Å²) in [5.74, 6) is -0.230. The van der Waals surface area contributed by atoms with Crippen LogP contribution in [0.4, 0.5) is 0 Å². The largest absolute Gasteiger partial charge is 0.504 e. The number of halogens is 3. The molecule has 0 atom stereocenters. The fourth-order valence-corrected chi connectivity index (χ4v) is 2.13. The lowest BCUT2D eigenvalue weighted by molar-refractivity contribution is 0.480. The number of aromatic hydroxyl groups is 1. The van der Waals surface area contributed by atoms with Gasteiger partial charge < -0.3 is 5.11 Å². The molecule has 1 aromatic heterocycles. The molecule has 1 aromatic carbocycles. The first-order valence-electron chi connectivity index (χ1n) is 5.23. The Morgan fingerprint density at radius 3 is 2.74 bits per heavy atom. The van der Waals surface area contributed by atoms with Gasteiger partial charge in [0.1, 0.15) is 5.52 Å². The Balaban J connectivity index is 0.00000180. The standard InChI is InChI=1S/C12H10Cl2N2O2.BrH/c1-2-3-4-16-6-15-10-9(12(16)18)7(13)5-8(14)11(10)17;/h2-3,5-6,17H,4H2,1H3;1H/b3-2+;. The van der Waals surface area contributed by atoms with Gasteiger partial charge in [-0.15, -0.1) is 17.0 Å². The number of hydrogen-bond acceptors (Lipinski definition) is 3. The summed E-state index contributed by atoms with van der Waals surface area (Å²) < 4.78 is 1.40. The molecule has 1 N–H and O–H groups in total. The second-order valence-corrected chi connectivity index (χ2v) is 4.50. The SMILES string of the molecule is Br.C/C=C/Cn1cnc2c(O)c(Cl)cc(Cl)c2c1=O. The van der Waals surface area contributed by atoms with E-state index < -0.39 is 0 Å². The quantitative estimate of drug-likeness (QED) is 0.828. The number of phenols is 1. The average Bonchev–Trinajstić information content (AvgIpc) is 2.34. The van der Waals surface area contributed by atoms with Gasteiger partial charge in [-0.05, 0) is 13.0 Å². The average molecular weight is 366 g/mol. The molecule has 4 nitrogen and oxygen atoms in total. The fraction of sp³-hybridized carbons (Fsp3) is 0.167. The van der Waals surface area contributed by atoms with Gasteiger partial charge in [0.25, 0.3) is 5.56 Å². The van der Waals surface area contributed by atoms with Crippen LogP contribution >= 0.6 is 40.2 Å². The number of aromatic nitrogens is 2. The molecule has 0 bridgehead atoms. The highest BCUT2D eigenvalue weighted by Crippen LogP contribution is 2.34. The molecule has 2 rings (SSSR count). The minimum atomic E-state index is -0.310. The third kappa shape index (κ3) is 2.94. The van der Waals surface area contributed by atoms with Gasteiger partial charge in [0.15, 0.2) is 5.75 Å². The predicted octanol–water partition coefficient (Wildman–Crippen LogP) is 3.56. The Morgan fingerprint density at radius 1 is 1.42 bits per heavy atom. The van der Waals surface area contributed by atoms with Gasteiger partial charge in [-0.1, -0.05) is 35.4 Å². The van der Waals surface area contributed by atoms with E-state index in [0.717, 1.165) is 0 Å². The number of phenolic OH excluding ortho intramolecular Hbond substituents is 1. The summed E-state index contributed by atoms with van der Waals surface area (Å²) in [6, 6.07) is 1.34. The summed E-state index contributed by atoms with van der Waals surface area (Å²) >= 11 is 11.8. The zero-order valence-corrected chi connectivity index (χ0v) is 13.2. The van der Waals surface area contributed by atoms with Crippen LogP contribution in [0.2, 0.25) is 10.0 Å². The second kappa shape index (κ2) is 6.41. The van der Waals surface area contributed by atoms with Crippen molar-refractivity contribution in [2.75, 3.05) is 0 Å². The van der Waals surface area contributed by atoms with Crippen LogP contribution in [0, 0.1) is 0 Å². The van der Waals surface area contributed by atoms with Crippen molar-refractivity contribution >= 4 is 51.1 Å². The normalized spacial score (nSPS) is 10.9. The maximum Gasteiger partial charge on any atom is 0.263 e. The molecule has 1 heterocycles. The highest BCUT2D eigenvalue weighted by atomic mass is 79.9. The number of rotatable bonds is 2. The van der Waals surface area contributed by atoms with Crippen molar-refractivity contribution in [3.05, 3.63) is 44.9 Å². The smallest absolute Gasteiger partial charge is 0.263 e. The first kappa shape index (κ1) is 16.0. The Kier molecular flexibility index (Phi) is 5.40. The van der Waals surface area contributed by atoms with Gasteiger partial charge in [0.2, 0.25) is 0 Å². The van der Waals surface area contributed by atoms with Gasteiger partial charge in [-0.25, -0.2) is 4.98 Å². The van der Waals surface area contributed by atoms with Gasteiger partial charge in [-0.3, -0.25) is 9.36 Å². The van der Waals surface area contributed by atoms with Crippen LogP contribution in [0.15, 0.2) is 29.3 Å². The molecule has 0 aliphatic heterocycles. The summed E-state index contributed by atoms with van der Waals surface area (Å²) in [5, 5.41) is 10.2. The summed E-state index contributed by atoms with van der Waals surface area (Å²) in [7, 11) is 0. The molecule has 7 heteroatoms. The highest BCUT2D eigenvalue weighted by molar-refractivity contribution is 8.93. The van der Waals surface area contributed by atoms with Crippen molar-refractivity contribution in [1.29, 1.82) is 0 Å². The van der Waals surface area contributed by atoms with Crippen molar-refractivity contribution in [3.63, 3.8) is 0 Å². The molecule has 0 spiro atoms. The van der Waals surface area contributed by atoms with E-state index in [4.69, 9.17) is 23.2 Å². The van der Waals surface area contributed by atoms with Gasteiger partial charge in [0.05, 0.1) is 21.8 Å². The molecular weight excluding hydrogens is 355 g/mol. The van der Waals surface area contributed by atoms with E-state index >= 15 is 0 Å². The minimum Gasteiger partial charge on any atom is -0.504 e. The van der Waals surface area contributed by atoms with Crippen molar-refractivity contribution in [2.24, 2.45) is 0 Å². The zero-order chi connectivity index (χ0) is 13.3. The number of nitrogens with zero attached hydrogens (tertiary/aromatic N) is 2. The Labute approximate surface area is 130 Å². The first-order valence-corrected chi connectivity index (χ1v) is 5.99. The predicted molar refractivity (Wildman–Crippen MR) is 82.8 cm³/mol. The van der Waals surface area contributed by atoms with Crippen molar-refractivity contribution < 1.29 is 5.11 Å². The maximum absolute atomic E-state index is 12.2. The van der Waals surface area contributed by atoms with Crippen LogP contribution in [0.5, 0.6) is 5.75 Å². The fourth-order valence-electron chi connectivity index (χ4n) is 1.60. The monoisotopic (exact) mass is 364 g/mol. The number of benzene rings is 1. The molecule has 0 unspecified atom stereocenters. The zero-order valence-electron chi connectivity index (χ0n) is 9.93. The van der Waals surface area contributed by atoms with Crippen LogP contribution in [0.1, 0.15) is 6.92 Å². The van der Waals surface area contributed by atoms with E-state index in [9.17, 15) is 9.90 Å². The van der Waals surface area contributed by atoms with E-state index in [0.29, 0.717) is 6.54 Å². The molecule has 0 saturated carbocycles. The summed E-state index contributed by atoms with van der Waals surface area (Å²) in [6.07, 6.45) is 5.01. The van der Waals surface area contributed by atoms with E-state index in [-0.39, 0.29) is 49.2 Å². The third-order valence-electron chi connectivity index (χ3n) is 2.52. The molecule has 0 saturated heterocycles. The molecule has 0 fully saturated rings. The minimum absolute atomic E-state index is 0. The molecule has 0 amide bonds. The molecule has 102 valence electrons. The topological polar surface area (TPSA) is 55.1 Å². The van der Waals surface area contributed by atoms with Crippen LogP contribution in [-0.2, 0) is 6.54 Å². The van der Waals surface area contributed by atoms with E-state index in [1.54, 1.807) is 0 Å². The molecule has 19 heavy (non-hydrogen) atoms. The third-order valence-corrected chi connectivity index (χ3v) is 3.10. The lowest BCUT2D eigenvalue weighted by Gasteiger charge is -2.07. The summed E-state index contributed by atoms with van der Waals surface area (Å²) in [5.41, 5.74) is -0.190. The van der Waals surface area contributed by atoms with Crippen LogP contribution in [0.25, 0.3) is 10.9 Å².